The van der Waals surface area contributed by atoms with Crippen molar-refractivity contribution in [1.82, 2.24) is 25.8 Å². The van der Waals surface area contributed by atoms with Gasteiger partial charge in [0.1, 0.15) is 0 Å². The van der Waals surface area contributed by atoms with Gasteiger partial charge in [0.25, 0.3) is 5.91 Å². The molecule has 0 fully saturated rings. The summed E-state index contributed by atoms with van der Waals surface area (Å²) in [6, 6.07) is 1.74. The number of nitrogens with one attached hydrogen (secondary N) is 2. The summed E-state index contributed by atoms with van der Waals surface area (Å²) in [4.78, 5) is 11.4. The molecule has 0 aliphatic rings. The summed E-state index contributed by atoms with van der Waals surface area (Å²) < 4.78 is 4.30. The number of nitrogens with two attached hydrogens (primary N) is 1. The largest absolute Gasteiger partial charge is 0.379 e. The lowest BCUT2D eigenvalue weighted by Crippen LogP contribution is -2.24. The summed E-state index contributed by atoms with van der Waals surface area (Å²) in [6.45, 7) is 0.311. The molecule has 8 nitrogen and oxygen atoms in total. The number of hydrogen-bond acceptors (Lipinski definition) is 6. The molecule has 0 bridgehead atoms. The van der Waals surface area contributed by atoms with E-state index in [1.807, 2.05) is 0 Å². The minimum Gasteiger partial charge on any atom is -0.379 e. The number of amides is 1. The first-order chi connectivity index (χ1) is 7.27. The Morgan fingerprint density at radius 1 is 1.60 bits per heavy atom. The van der Waals surface area contributed by atoms with Crippen molar-refractivity contribution in [3.8, 4) is 0 Å². The number of carbonyl (C=O) groups is 1. The van der Waals surface area contributed by atoms with E-state index in [4.69, 9.17) is 5.73 Å². The van der Waals surface area contributed by atoms with Gasteiger partial charge in [-0.3, -0.25) is 9.89 Å². The molecule has 1 amide bonds. The van der Waals surface area contributed by atoms with Crippen molar-refractivity contribution in [2.24, 2.45) is 0 Å². The van der Waals surface area contributed by atoms with Crippen molar-refractivity contribution >= 4 is 11.7 Å². The topological polar surface area (TPSA) is 123 Å². The lowest BCUT2D eigenvalue weighted by Gasteiger charge is -1.99. The van der Waals surface area contributed by atoms with Crippen LogP contribution in [-0.2, 0) is 6.54 Å². The first-order valence-electron chi connectivity index (χ1n) is 4.12. The van der Waals surface area contributed by atoms with Crippen molar-refractivity contribution in [3.63, 3.8) is 0 Å². The third-order valence-corrected chi connectivity index (χ3v) is 1.73. The van der Waals surface area contributed by atoms with Gasteiger partial charge in [-0.25, -0.2) is 4.63 Å². The molecule has 15 heavy (non-hydrogen) atoms. The second kappa shape index (κ2) is 3.78. The molecular weight excluding hydrogens is 200 g/mol. The maximum atomic E-state index is 11.4. The fourth-order valence-electron chi connectivity index (χ4n) is 0.995. The van der Waals surface area contributed by atoms with Gasteiger partial charge in [-0.1, -0.05) is 0 Å². The molecule has 8 heteroatoms. The van der Waals surface area contributed by atoms with E-state index in [0.717, 1.165) is 5.69 Å². The number of hydrogen-bond donors (Lipinski definition) is 3. The van der Waals surface area contributed by atoms with Gasteiger partial charge in [0.05, 0.1) is 12.2 Å². The maximum absolute atomic E-state index is 11.4. The van der Waals surface area contributed by atoms with Crippen LogP contribution in [0.4, 0.5) is 5.82 Å². The van der Waals surface area contributed by atoms with Gasteiger partial charge in [0.15, 0.2) is 0 Å². The molecule has 0 saturated heterocycles. The summed E-state index contributed by atoms with van der Waals surface area (Å²) in [6.07, 6.45) is 1.59. The van der Waals surface area contributed by atoms with Crippen molar-refractivity contribution in [2.75, 3.05) is 5.73 Å². The quantitative estimate of drug-likeness (QED) is 0.613. The Morgan fingerprint density at radius 2 is 2.47 bits per heavy atom. The number of carbonyl (C=O) groups excluding carboxylic acids is 1. The first kappa shape index (κ1) is 9.19. The van der Waals surface area contributed by atoms with Crippen molar-refractivity contribution in [2.45, 2.75) is 6.54 Å². The van der Waals surface area contributed by atoms with Gasteiger partial charge < -0.3 is 11.1 Å². The van der Waals surface area contributed by atoms with Crippen molar-refractivity contribution < 1.29 is 9.42 Å². The highest BCUT2D eigenvalue weighted by atomic mass is 16.6. The molecule has 2 aromatic rings. The van der Waals surface area contributed by atoms with E-state index in [0.29, 0.717) is 6.54 Å². The molecule has 0 saturated carbocycles. The summed E-state index contributed by atoms with van der Waals surface area (Å²) >= 11 is 0. The second-order valence-electron chi connectivity index (χ2n) is 2.76. The smallest absolute Gasteiger partial charge is 0.277 e. The van der Waals surface area contributed by atoms with Crippen LogP contribution in [0.25, 0.3) is 0 Å². The van der Waals surface area contributed by atoms with E-state index in [1.165, 1.54) is 0 Å². The molecule has 0 aliphatic carbocycles. The van der Waals surface area contributed by atoms with E-state index in [2.05, 4.69) is 30.5 Å². The van der Waals surface area contributed by atoms with Crippen LogP contribution in [0.1, 0.15) is 16.2 Å². The van der Waals surface area contributed by atoms with Crippen molar-refractivity contribution in [1.29, 1.82) is 0 Å². The van der Waals surface area contributed by atoms with E-state index < -0.39 is 5.91 Å². The predicted molar refractivity (Wildman–Crippen MR) is 48.5 cm³/mol. The zero-order valence-corrected chi connectivity index (χ0v) is 7.60. The molecule has 0 radical (unpaired) electrons. The summed E-state index contributed by atoms with van der Waals surface area (Å²) in [5.74, 6) is -0.472. The van der Waals surface area contributed by atoms with E-state index >= 15 is 0 Å². The van der Waals surface area contributed by atoms with Gasteiger partial charge in [-0.15, -0.1) is 0 Å². The number of H-pyrrole nitrogens is 1. The highest BCUT2D eigenvalue weighted by Crippen LogP contribution is 2.03. The average Bonchev–Trinajstić information content (AvgIpc) is 2.84. The standard InChI is InChI=1S/C7H8N6O2/c8-6-5(12-15-13-6)7(14)9-3-4-1-2-10-11-4/h1-2H,3H2,(H2,8,13)(H,9,14)(H,10,11). The maximum Gasteiger partial charge on any atom is 0.277 e. The molecule has 4 N–H and O–H groups in total. The molecular formula is C7H8N6O2. The number of nitrogen functional groups attached to an aromatic ring is 1. The normalized spacial score (nSPS) is 10.1. The Labute approximate surface area is 83.8 Å². The summed E-state index contributed by atoms with van der Waals surface area (Å²) in [5.41, 5.74) is 6.10. The van der Waals surface area contributed by atoms with Crippen LogP contribution >= 0.6 is 0 Å². The fraction of sp³-hybridized carbons (Fsp3) is 0.143. The van der Waals surface area contributed by atoms with E-state index in [1.54, 1.807) is 12.3 Å². The van der Waals surface area contributed by atoms with E-state index in [-0.39, 0.29) is 11.5 Å². The second-order valence-corrected chi connectivity index (χ2v) is 2.76. The van der Waals surface area contributed by atoms with Crippen molar-refractivity contribution in [3.05, 3.63) is 23.7 Å². The Hall–Kier alpha value is -2.38. The summed E-state index contributed by atoms with van der Waals surface area (Å²) in [5, 5.41) is 15.7. The molecule has 0 aliphatic heterocycles. The van der Waals surface area contributed by atoms with Crippen LogP contribution in [0.15, 0.2) is 16.9 Å². The van der Waals surface area contributed by atoms with Crippen LogP contribution in [-0.4, -0.2) is 26.4 Å². The molecule has 0 unspecified atom stereocenters. The predicted octanol–water partition coefficient (Wildman–Crippen LogP) is -0.695. The number of anilines is 1. The third-order valence-electron chi connectivity index (χ3n) is 1.73. The lowest BCUT2D eigenvalue weighted by atomic mass is 10.3. The molecule has 78 valence electrons. The van der Waals surface area contributed by atoms with Crippen LogP contribution in [0.3, 0.4) is 0 Å². The molecule has 0 atom stereocenters. The lowest BCUT2D eigenvalue weighted by molar-refractivity contribution is 0.0941. The van der Waals surface area contributed by atoms with Gasteiger partial charge in [-0.2, -0.15) is 5.10 Å². The Morgan fingerprint density at radius 3 is 3.07 bits per heavy atom. The SMILES string of the molecule is Nc1nonc1C(=O)NCc1ccn[nH]1. The van der Waals surface area contributed by atoms with Gasteiger partial charge in [0.2, 0.25) is 11.5 Å². The zero-order chi connectivity index (χ0) is 10.7. The monoisotopic (exact) mass is 208 g/mol. The minimum absolute atomic E-state index is 0.0190. The Kier molecular flexibility index (Phi) is 2.31. The zero-order valence-electron chi connectivity index (χ0n) is 7.60. The van der Waals surface area contributed by atoms with Crippen LogP contribution < -0.4 is 11.1 Å². The molecule has 2 heterocycles. The average molecular weight is 208 g/mol. The number of nitrogens with zero attached hydrogens (tertiary/aromatic N) is 3. The molecule has 2 rings (SSSR count). The Bertz CT molecular complexity index is 448. The number of rotatable bonds is 3. The van der Waals surface area contributed by atoms with Crippen LogP contribution in [0.2, 0.25) is 0 Å². The number of aromatic nitrogens is 4. The van der Waals surface area contributed by atoms with Crippen LogP contribution in [0, 0.1) is 0 Å². The van der Waals surface area contributed by atoms with Gasteiger partial charge in [-0.05, 0) is 16.4 Å². The number of aromatic amines is 1. The Balaban J connectivity index is 1.96. The van der Waals surface area contributed by atoms with Gasteiger partial charge in [0, 0.05) is 6.20 Å². The van der Waals surface area contributed by atoms with E-state index in [9.17, 15) is 4.79 Å². The fourth-order valence-corrected chi connectivity index (χ4v) is 0.995. The minimum atomic E-state index is -0.441. The third kappa shape index (κ3) is 1.93. The first-order valence-corrected chi connectivity index (χ1v) is 4.12. The summed E-state index contributed by atoms with van der Waals surface area (Å²) in [7, 11) is 0. The van der Waals surface area contributed by atoms with Crippen LogP contribution in [0.5, 0.6) is 0 Å². The highest BCUT2D eigenvalue weighted by Gasteiger charge is 2.15. The molecule has 2 aromatic heterocycles. The molecule has 0 spiro atoms. The van der Waals surface area contributed by atoms with Gasteiger partial charge >= 0.3 is 0 Å². The highest BCUT2D eigenvalue weighted by molar-refractivity contribution is 5.95. The molecule has 0 aromatic carbocycles.